The van der Waals surface area contributed by atoms with Gasteiger partial charge in [0.05, 0.1) is 12.1 Å². The van der Waals surface area contributed by atoms with E-state index in [2.05, 4.69) is 17.1 Å². The molecule has 1 heterocycles. The van der Waals surface area contributed by atoms with Gasteiger partial charge < -0.3 is 15.8 Å². The van der Waals surface area contributed by atoms with Crippen molar-refractivity contribution in [2.24, 2.45) is 5.73 Å². The SMILES string of the molecule is COC1CCN(CC(NC(C)C)C(N)=O)C(C)C1. The van der Waals surface area contributed by atoms with E-state index in [0.29, 0.717) is 18.7 Å². The van der Waals surface area contributed by atoms with Gasteiger partial charge in [0.15, 0.2) is 0 Å². The molecule has 0 spiro atoms. The quantitative estimate of drug-likeness (QED) is 0.720. The molecule has 0 saturated carbocycles. The number of nitrogens with one attached hydrogen (secondary N) is 1. The lowest BCUT2D eigenvalue weighted by molar-refractivity contribution is -0.121. The Labute approximate surface area is 110 Å². The van der Waals surface area contributed by atoms with Crippen LogP contribution in [0.15, 0.2) is 0 Å². The number of rotatable bonds is 6. The van der Waals surface area contributed by atoms with Gasteiger partial charge in [-0.25, -0.2) is 0 Å². The Balaban J connectivity index is 2.51. The van der Waals surface area contributed by atoms with Crippen LogP contribution in [0.25, 0.3) is 0 Å². The first-order chi connectivity index (χ1) is 8.43. The first-order valence-corrected chi connectivity index (χ1v) is 6.76. The van der Waals surface area contributed by atoms with Crippen molar-refractivity contribution >= 4 is 5.91 Å². The zero-order valence-electron chi connectivity index (χ0n) is 12.0. The number of nitrogens with zero attached hydrogens (tertiary/aromatic N) is 1. The lowest BCUT2D eigenvalue weighted by atomic mass is 9.99. The lowest BCUT2D eigenvalue weighted by Crippen LogP contribution is -2.55. The summed E-state index contributed by atoms with van der Waals surface area (Å²) in [4.78, 5) is 13.8. The molecule has 3 unspecified atom stereocenters. The Morgan fingerprint density at radius 2 is 2.22 bits per heavy atom. The molecule has 1 aliphatic rings. The Morgan fingerprint density at radius 1 is 1.56 bits per heavy atom. The highest BCUT2D eigenvalue weighted by Gasteiger charge is 2.28. The number of piperidine rings is 1. The highest BCUT2D eigenvalue weighted by molar-refractivity contribution is 5.80. The molecule has 0 aliphatic carbocycles. The normalized spacial score (nSPS) is 27.4. The van der Waals surface area contributed by atoms with Crippen molar-refractivity contribution < 1.29 is 9.53 Å². The summed E-state index contributed by atoms with van der Waals surface area (Å²) in [6.07, 6.45) is 2.39. The fourth-order valence-electron chi connectivity index (χ4n) is 2.52. The van der Waals surface area contributed by atoms with Crippen molar-refractivity contribution in [3.05, 3.63) is 0 Å². The van der Waals surface area contributed by atoms with Crippen LogP contribution in [0.2, 0.25) is 0 Å². The van der Waals surface area contributed by atoms with Crippen LogP contribution in [0.1, 0.15) is 33.6 Å². The minimum atomic E-state index is -0.273. The van der Waals surface area contributed by atoms with E-state index >= 15 is 0 Å². The second kappa shape index (κ2) is 7.07. The van der Waals surface area contributed by atoms with Gasteiger partial charge in [0.2, 0.25) is 5.91 Å². The van der Waals surface area contributed by atoms with E-state index in [-0.39, 0.29) is 18.0 Å². The molecular formula is C13H27N3O2. The van der Waals surface area contributed by atoms with E-state index in [4.69, 9.17) is 10.5 Å². The van der Waals surface area contributed by atoms with Gasteiger partial charge in [-0.3, -0.25) is 9.69 Å². The largest absolute Gasteiger partial charge is 0.381 e. The standard InChI is InChI=1S/C13H27N3O2/c1-9(2)15-12(13(14)17)8-16-6-5-11(18-4)7-10(16)3/h9-12,15H,5-8H2,1-4H3,(H2,14,17). The van der Waals surface area contributed by atoms with E-state index in [9.17, 15) is 4.79 Å². The fraction of sp³-hybridized carbons (Fsp3) is 0.923. The Kier molecular flexibility index (Phi) is 6.05. The van der Waals surface area contributed by atoms with Crippen LogP contribution in [0.5, 0.6) is 0 Å². The fourth-order valence-corrected chi connectivity index (χ4v) is 2.52. The number of primary amides is 1. The molecule has 18 heavy (non-hydrogen) atoms. The Bertz CT molecular complexity index is 271. The molecule has 1 saturated heterocycles. The van der Waals surface area contributed by atoms with Crippen molar-refractivity contribution in [3.63, 3.8) is 0 Å². The molecule has 0 radical (unpaired) electrons. The minimum absolute atomic E-state index is 0.259. The summed E-state index contributed by atoms with van der Waals surface area (Å²) in [6.45, 7) is 7.88. The molecular weight excluding hydrogens is 230 g/mol. The summed E-state index contributed by atoms with van der Waals surface area (Å²) < 4.78 is 5.39. The van der Waals surface area contributed by atoms with Gasteiger partial charge in [-0.15, -0.1) is 0 Å². The summed E-state index contributed by atoms with van der Waals surface area (Å²) in [5.41, 5.74) is 5.45. The van der Waals surface area contributed by atoms with Gasteiger partial charge in [0, 0.05) is 32.3 Å². The zero-order chi connectivity index (χ0) is 13.7. The number of nitrogens with two attached hydrogens (primary N) is 1. The third-order valence-electron chi connectivity index (χ3n) is 3.59. The van der Waals surface area contributed by atoms with Crippen molar-refractivity contribution in [1.29, 1.82) is 0 Å². The lowest BCUT2D eigenvalue weighted by Gasteiger charge is -2.38. The second-order valence-electron chi connectivity index (χ2n) is 5.50. The highest BCUT2D eigenvalue weighted by atomic mass is 16.5. The molecule has 5 nitrogen and oxygen atoms in total. The number of ether oxygens (including phenoxy) is 1. The first-order valence-electron chi connectivity index (χ1n) is 6.76. The van der Waals surface area contributed by atoms with Gasteiger partial charge in [-0.05, 0) is 19.8 Å². The monoisotopic (exact) mass is 257 g/mol. The van der Waals surface area contributed by atoms with Crippen LogP contribution in [-0.4, -0.2) is 55.2 Å². The number of likely N-dealkylation sites (tertiary alicyclic amines) is 1. The van der Waals surface area contributed by atoms with E-state index in [1.165, 1.54) is 0 Å². The Morgan fingerprint density at radius 3 is 2.67 bits per heavy atom. The van der Waals surface area contributed by atoms with Crippen LogP contribution in [-0.2, 0) is 9.53 Å². The summed E-state index contributed by atoms with van der Waals surface area (Å²) in [5, 5.41) is 3.22. The molecule has 0 bridgehead atoms. The van der Waals surface area contributed by atoms with Gasteiger partial charge >= 0.3 is 0 Å². The number of methoxy groups -OCH3 is 1. The molecule has 1 rings (SSSR count). The van der Waals surface area contributed by atoms with Crippen molar-refractivity contribution in [1.82, 2.24) is 10.2 Å². The van der Waals surface area contributed by atoms with Crippen LogP contribution in [0, 0.1) is 0 Å². The van der Waals surface area contributed by atoms with Crippen molar-refractivity contribution in [2.75, 3.05) is 20.2 Å². The maximum atomic E-state index is 11.4. The summed E-state index contributed by atoms with van der Waals surface area (Å²) in [5.74, 6) is -0.273. The van der Waals surface area contributed by atoms with Gasteiger partial charge in [-0.1, -0.05) is 13.8 Å². The maximum absolute atomic E-state index is 11.4. The summed E-state index contributed by atoms with van der Waals surface area (Å²) >= 11 is 0. The summed E-state index contributed by atoms with van der Waals surface area (Å²) in [7, 11) is 1.76. The zero-order valence-corrected chi connectivity index (χ0v) is 12.0. The number of carbonyl (C=O) groups is 1. The average molecular weight is 257 g/mol. The molecule has 106 valence electrons. The molecule has 0 aromatic heterocycles. The van der Waals surface area contributed by atoms with Gasteiger partial charge in [0.25, 0.3) is 0 Å². The van der Waals surface area contributed by atoms with Crippen LogP contribution >= 0.6 is 0 Å². The molecule has 5 heteroatoms. The van der Waals surface area contributed by atoms with E-state index in [1.807, 2.05) is 13.8 Å². The third-order valence-corrected chi connectivity index (χ3v) is 3.59. The molecule has 3 N–H and O–H groups in total. The van der Waals surface area contributed by atoms with Crippen molar-refractivity contribution in [2.45, 2.75) is 57.8 Å². The molecule has 3 atom stereocenters. The van der Waals surface area contributed by atoms with E-state index in [1.54, 1.807) is 7.11 Å². The predicted molar refractivity (Wildman–Crippen MR) is 72.3 cm³/mol. The molecule has 1 amide bonds. The Hall–Kier alpha value is -0.650. The topological polar surface area (TPSA) is 67.6 Å². The van der Waals surface area contributed by atoms with Crippen molar-refractivity contribution in [3.8, 4) is 0 Å². The third kappa shape index (κ3) is 4.55. The average Bonchev–Trinajstić information content (AvgIpc) is 2.29. The first kappa shape index (κ1) is 15.4. The van der Waals surface area contributed by atoms with Crippen LogP contribution in [0.4, 0.5) is 0 Å². The summed E-state index contributed by atoms with van der Waals surface area (Å²) in [6, 6.07) is 0.417. The second-order valence-corrected chi connectivity index (χ2v) is 5.50. The number of carbonyl (C=O) groups excluding carboxylic acids is 1. The van der Waals surface area contributed by atoms with Gasteiger partial charge in [0.1, 0.15) is 0 Å². The minimum Gasteiger partial charge on any atom is -0.381 e. The molecule has 0 aromatic carbocycles. The number of amides is 1. The maximum Gasteiger partial charge on any atom is 0.235 e. The van der Waals surface area contributed by atoms with Gasteiger partial charge in [-0.2, -0.15) is 0 Å². The predicted octanol–water partition coefficient (Wildman–Crippen LogP) is 0.338. The molecule has 1 aliphatic heterocycles. The van der Waals surface area contributed by atoms with E-state index in [0.717, 1.165) is 19.4 Å². The highest BCUT2D eigenvalue weighted by Crippen LogP contribution is 2.19. The molecule has 1 fully saturated rings. The molecule has 0 aromatic rings. The number of hydrogen-bond donors (Lipinski definition) is 2. The van der Waals surface area contributed by atoms with Crippen LogP contribution < -0.4 is 11.1 Å². The van der Waals surface area contributed by atoms with Crippen LogP contribution in [0.3, 0.4) is 0 Å². The number of hydrogen-bond acceptors (Lipinski definition) is 4. The smallest absolute Gasteiger partial charge is 0.235 e. The van der Waals surface area contributed by atoms with E-state index < -0.39 is 0 Å².